The lowest BCUT2D eigenvalue weighted by atomic mass is 10.1. The standard InChI is InChI=1S/C19H17ClF3NO2/c1-24(11-12-6-8-13(9-7-12)26-19(21,22)23)18(25)16-10-15(16)14-4-2-3-5-17(14)20/h2-9,15-16H,10-11H2,1H3. The highest BCUT2D eigenvalue weighted by Gasteiger charge is 2.45. The zero-order valence-corrected chi connectivity index (χ0v) is 14.7. The van der Waals surface area contributed by atoms with Gasteiger partial charge in [0.05, 0.1) is 0 Å². The lowest BCUT2D eigenvalue weighted by molar-refractivity contribution is -0.274. The fraction of sp³-hybridized carbons (Fsp3) is 0.316. The zero-order chi connectivity index (χ0) is 18.9. The van der Waals surface area contributed by atoms with Crippen LogP contribution in [0.3, 0.4) is 0 Å². The van der Waals surface area contributed by atoms with Crippen LogP contribution in [0.5, 0.6) is 5.75 Å². The summed E-state index contributed by atoms with van der Waals surface area (Å²) in [4.78, 5) is 14.2. The minimum atomic E-state index is -4.71. The van der Waals surface area contributed by atoms with Crippen molar-refractivity contribution in [3.05, 3.63) is 64.7 Å². The highest BCUT2D eigenvalue weighted by atomic mass is 35.5. The van der Waals surface area contributed by atoms with E-state index in [0.717, 1.165) is 17.5 Å². The zero-order valence-electron chi connectivity index (χ0n) is 14.0. The first-order valence-corrected chi connectivity index (χ1v) is 8.46. The van der Waals surface area contributed by atoms with Crippen LogP contribution in [0.25, 0.3) is 0 Å². The summed E-state index contributed by atoms with van der Waals surface area (Å²) in [5.74, 6) is -0.254. The van der Waals surface area contributed by atoms with E-state index in [0.29, 0.717) is 11.6 Å². The molecule has 0 N–H and O–H groups in total. The predicted molar refractivity (Wildman–Crippen MR) is 91.9 cm³/mol. The maximum Gasteiger partial charge on any atom is 0.573 e. The fourth-order valence-electron chi connectivity index (χ4n) is 3.02. The molecule has 0 radical (unpaired) electrons. The van der Waals surface area contributed by atoms with Gasteiger partial charge in [-0.15, -0.1) is 13.2 Å². The van der Waals surface area contributed by atoms with Gasteiger partial charge in [-0.05, 0) is 41.7 Å². The van der Waals surface area contributed by atoms with Gasteiger partial charge >= 0.3 is 6.36 Å². The molecule has 1 aliphatic rings. The summed E-state index contributed by atoms with van der Waals surface area (Å²) in [7, 11) is 1.68. The summed E-state index contributed by atoms with van der Waals surface area (Å²) >= 11 is 6.18. The van der Waals surface area contributed by atoms with Crippen LogP contribution in [-0.4, -0.2) is 24.2 Å². The Labute approximate surface area is 154 Å². The molecular formula is C19H17ClF3NO2. The van der Waals surface area contributed by atoms with Gasteiger partial charge in [0, 0.05) is 24.5 Å². The first-order chi connectivity index (χ1) is 12.2. The van der Waals surface area contributed by atoms with Crippen molar-refractivity contribution in [2.24, 2.45) is 5.92 Å². The minimum Gasteiger partial charge on any atom is -0.406 e. The number of benzene rings is 2. The highest BCUT2D eigenvalue weighted by molar-refractivity contribution is 6.31. The van der Waals surface area contributed by atoms with Gasteiger partial charge in [-0.25, -0.2) is 0 Å². The molecule has 3 rings (SSSR count). The van der Waals surface area contributed by atoms with Crippen molar-refractivity contribution in [3.63, 3.8) is 0 Å². The van der Waals surface area contributed by atoms with Crippen LogP contribution in [0, 0.1) is 5.92 Å². The van der Waals surface area contributed by atoms with Crippen LogP contribution < -0.4 is 4.74 Å². The Morgan fingerprint density at radius 1 is 1.19 bits per heavy atom. The molecule has 1 amide bonds. The number of rotatable bonds is 5. The first-order valence-electron chi connectivity index (χ1n) is 8.08. The van der Waals surface area contributed by atoms with Gasteiger partial charge in [-0.2, -0.15) is 0 Å². The molecule has 0 bridgehead atoms. The molecule has 138 valence electrons. The van der Waals surface area contributed by atoms with Crippen LogP contribution in [0.15, 0.2) is 48.5 Å². The fourth-order valence-corrected chi connectivity index (χ4v) is 3.29. The molecule has 1 saturated carbocycles. The second-order valence-corrected chi connectivity index (χ2v) is 6.76. The molecule has 0 aliphatic heterocycles. The molecule has 2 atom stereocenters. The van der Waals surface area contributed by atoms with Gasteiger partial charge in [0.25, 0.3) is 0 Å². The van der Waals surface area contributed by atoms with Crippen molar-refractivity contribution in [2.75, 3.05) is 7.05 Å². The topological polar surface area (TPSA) is 29.5 Å². The number of carbonyl (C=O) groups excluding carboxylic acids is 1. The molecule has 26 heavy (non-hydrogen) atoms. The monoisotopic (exact) mass is 383 g/mol. The smallest absolute Gasteiger partial charge is 0.406 e. The van der Waals surface area contributed by atoms with Crippen molar-refractivity contribution in [1.82, 2.24) is 4.90 Å². The number of amides is 1. The molecule has 0 spiro atoms. The summed E-state index contributed by atoms with van der Waals surface area (Å²) in [6.07, 6.45) is -3.96. The lowest BCUT2D eigenvalue weighted by Crippen LogP contribution is -2.28. The molecule has 2 unspecified atom stereocenters. The van der Waals surface area contributed by atoms with Crippen molar-refractivity contribution in [3.8, 4) is 5.75 Å². The molecule has 2 aromatic rings. The molecule has 1 fully saturated rings. The first kappa shape index (κ1) is 18.6. The quantitative estimate of drug-likeness (QED) is 0.727. The molecule has 3 nitrogen and oxygen atoms in total. The molecular weight excluding hydrogens is 367 g/mol. The van der Waals surface area contributed by atoms with Crippen LogP contribution in [0.1, 0.15) is 23.5 Å². The minimum absolute atomic E-state index is 0.00513. The van der Waals surface area contributed by atoms with E-state index in [1.165, 1.54) is 24.3 Å². The molecule has 1 aliphatic carbocycles. The number of alkyl halides is 3. The normalized spacial score (nSPS) is 19.1. The third kappa shape index (κ3) is 4.49. The Hall–Kier alpha value is -2.21. The average molecular weight is 384 g/mol. The molecule has 7 heteroatoms. The van der Waals surface area contributed by atoms with Crippen LogP contribution in [0.2, 0.25) is 5.02 Å². The van der Waals surface area contributed by atoms with Gasteiger partial charge < -0.3 is 9.64 Å². The van der Waals surface area contributed by atoms with E-state index in [2.05, 4.69) is 4.74 Å². The SMILES string of the molecule is CN(Cc1ccc(OC(F)(F)F)cc1)C(=O)C1CC1c1ccccc1Cl. The Morgan fingerprint density at radius 3 is 2.46 bits per heavy atom. The average Bonchev–Trinajstić information content (AvgIpc) is 3.35. The van der Waals surface area contributed by atoms with E-state index in [9.17, 15) is 18.0 Å². The summed E-state index contributed by atoms with van der Waals surface area (Å²) in [6.45, 7) is 0.316. The number of carbonyl (C=O) groups is 1. The number of hydrogen-bond acceptors (Lipinski definition) is 2. The third-order valence-electron chi connectivity index (χ3n) is 4.37. The Balaban J connectivity index is 1.58. The van der Waals surface area contributed by atoms with E-state index in [4.69, 9.17) is 11.6 Å². The van der Waals surface area contributed by atoms with Crippen molar-refractivity contribution >= 4 is 17.5 Å². The van der Waals surface area contributed by atoms with Crippen LogP contribution >= 0.6 is 11.6 Å². The Kier molecular flexibility index (Phi) is 5.14. The van der Waals surface area contributed by atoms with Gasteiger partial charge in [-0.3, -0.25) is 4.79 Å². The largest absolute Gasteiger partial charge is 0.573 e. The highest BCUT2D eigenvalue weighted by Crippen LogP contribution is 2.50. The summed E-state index contributed by atoms with van der Waals surface area (Å²) in [6, 6.07) is 13.0. The molecule has 0 saturated heterocycles. The van der Waals surface area contributed by atoms with E-state index < -0.39 is 6.36 Å². The number of hydrogen-bond donors (Lipinski definition) is 0. The second-order valence-electron chi connectivity index (χ2n) is 6.36. The maximum absolute atomic E-state index is 12.6. The maximum atomic E-state index is 12.6. The summed E-state index contributed by atoms with van der Waals surface area (Å²) < 4.78 is 40.4. The number of halogens is 4. The van der Waals surface area contributed by atoms with E-state index in [1.54, 1.807) is 11.9 Å². The van der Waals surface area contributed by atoms with E-state index >= 15 is 0 Å². The van der Waals surface area contributed by atoms with E-state index in [1.807, 2.05) is 24.3 Å². The van der Waals surface area contributed by atoms with Gasteiger partial charge in [0.2, 0.25) is 5.91 Å². The van der Waals surface area contributed by atoms with Crippen molar-refractivity contribution < 1.29 is 22.7 Å². The summed E-state index contributed by atoms with van der Waals surface area (Å²) in [5, 5.41) is 0.663. The second kappa shape index (κ2) is 7.19. The molecule has 2 aromatic carbocycles. The Bertz CT molecular complexity index is 792. The van der Waals surface area contributed by atoms with Gasteiger partial charge in [0.15, 0.2) is 0 Å². The van der Waals surface area contributed by atoms with Gasteiger partial charge in [-0.1, -0.05) is 41.9 Å². The number of ether oxygens (including phenoxy) is 1. The molecule has 0 aromatic heterocycles. The molecule has 0 heterocycles. The van der Waals surface area contributed by atoms with Crippen molar-refractivity contribution in [1.29, 1.82) is 0 Å². The lowest BCUT2D eigenvalue weighted by Gasteiger charge is -2.18. The van der Waals surface area contributed by atoms with E-state index in [-0.39, 0.29) is 23.5 Å². The van der Waals surface area contributed by atoms with Crippen molar-refractivity contribution in [2.45, 2.75) is 25.2 Å². The number of nitrogens with zero attached hydrogens (tertiary/aromatic N) is 1. The van der Waals surface area contributed by atoms with Crippen LogP contribution in [0.4, 0.5) is 13.2 Å². The summed E-state index contributed by atoms with van der Waals surface area (Å²) in [5.41, 5.74) is 1.71. The van der Waals surface area contributed by atoms with Crippen LogP contribution in [-0.2, 0) is 11.3 Å². The predicted octanol–water partition coefficient (Wildman–Crippen LogP) is 5.00. The van der Waals surface area contributed by atoms with Gasteiger partial charge in [0.1, 0.15) is 5.75 Å². The Morgan fingerprint density at radius 2 is 1.85 bits per heavy atom. The third-order valence-corrected chi connectivity index (χ3v) is 4.71.